The predicted molar refractivity (Wildman–Crippen MR) is 83.2 cm³/mol. The van der Waals surface area contributed by atoms with Crippen molar-refractivity contribution in [3.05, 3.63) is 0 Å². The van der Waals surface area contributed by atoms with Crippen LogP contribution < -0.4 is 5.32 Å². The molecule has 2 amide bonds. The van der Waals surface area contributed by atoms with Gasteiger partial charge >= 0.3 is 5.97 Å². The lowest BCUT2D eigenvalue weighted by atomic mass is 9.52. The van der Waals surface area contributed by atoms with Crippen molar-refractivity contribution in [1.29, 1.82) is 0 Å². The fraction of sp³-hybridized carbons (Fsp3) is 0.824. The number of rotatable bonds is 5. The van der Waals surface area contributed by atoms with Crippen LogP contribution in [0.2, 0.25) is 0 Å². The number of nitrogens with one attached hydrogen (secondary N) is 1. The first-order chi connectivity index (χ1) is 11.0. The summed E-state index contributed by atoms with van der Waals surface area (Å²) < 4.78 is 5.30. The molecule has 4 fully saturated rings. The van der Waals surface area contributed by atoms with Gasteiger partial charge in [0.2, 0.25) is 5.91 Å². The molecule has 4 aliphatic carbocycles. The summed E-state index contributed by atoms with van der Waals surface area (Å²) in [5.41, 5.74) is 0. The smallest absolute Gasteiger partial charge is 0.310 e. The van der Waals surface area contributed by atoms with E-state index in [2.05, 4.69) is 5.32 Å². The Kier molecular flexibility index (Phi) is 4.60. The minimum absolute atomic E-state index is 0.0140. The highest BCUT2D eigenvalue weighted by Crippen LogP contribution is 2.56. The molecular formula is C17H26N2O4. The molecule has 128 valence electrons. The van der Waals surface area contributed by atoms with Crippen LogP contribution in [0.25, 0.3) is 0 Å². The first-order valence-electron chi connectivity index (χ1n) is 8.59. The molecule has 0 aromatic carbocycles. The van der Waals surface area contributed by atoms with E-state index >= 15 is 0 Å². The molecular weight excluding hydrogens is 296 g/mol. The zero-order chi connectivity index (χ0) is 16.6. The third-order valence-electron chi connectivity index (χ3n) is 5.92. The number of nitrogens with zero attached hydrogens (tertiary/aromatic N) is 1. The fourth-order valence-corrected chi connectivity index (χ4v) is 5.03. The Morgan fingerprint density at radius 1 is 1.04 bits per heavy atom. The van der Waals surface area contributed by atoms with Gasteiger partial charge in [-0.15, -0.1) is 0 Å². The molecule has 0 unspecified atom stereocenters. The van der Waals surface area contributed by atoms with E-state index in [1.165, 1.54) is 25.4 Å². The molecule has 0 spiro atoms. The minimum atomic E-state index is -0.342. The van der Waals surface area contributed by atoms with Gasteiger partial charge in [-0.3, -0.25) is 14.4 Å². The number of carbonyl (C=O) groups is 3. The van der Waals surface area contributed by atoms with Crippen LogP contribution in [-0.2, 0) is 19.1 Å². The van der Waals surface area contributed by atoms with E-state index in [0.717, 1.165) is 37.5 Å². The topological polar surface area (TPSA) is 75.7 Å². The molecule has 0 aliphatic heterocycles. The van der Waals surface area contributed by atoms with Crippen molar-refractivity contribution in [1.82, 2.24) is 10.2 Å². The van der Waals surface area contributed by atoms with Crippen molar-refractivity contribution in [3.8, 4) is 0 Å². The van der Waals surface area contributed by atoms with Crippen LogP contribution in [-0.4, -0.2) is 49.9 Å². The number of likely N-dealkylation sites (N-methyl/N-ethyl adjacent to an activating group) is 2. The largest absolute Gasteiger partial charge is 0.455 e. The first kappa shape index (κ1) is 16.3. The molecule has 6 heteroatoms. The Hall–Kier alpha value is -1.59. The van der Waals surface area contributed by atoms with E-state index in [1.54, 1.807) is 0 Å². The van der Waals surface area contributed by atoms with Crippen molar-refractivity contribution < 1.29 is 19.1 Å². The standard InChI is InChI=1S/C17H26N2O4/c1-18-14(20)8-19(2)15(21)9-23-17(22)16-12-4-10-3-11(6-12)7-13(16)5-10/h10-13,16H,3-9H2,1-2H3,(H,18,20). The third-order valence-corrected chi connectivity index (χ3v) is 5.92. The fourth-order valence-electron chi connectivity index (χ4n) is 5.03. The molecule has 0 radical (unpaired) electrons. The lowest BCUT2D eigenvalue weighted by Crippen LogP contribution is -2.49. The maximum absolute atomic E-state index is 12.5. The van der Waals surface area contributed by atoms with Crippen LogP contribution in [0, 0.1) is 29.6 Å². The molecule has 4 bridgehead atoms. The second kappa shape index (κ2) is 6.49. The van der Waals surface area contributed by atoms with Crippen LogP contribution in [0.15, 0.2) is 0 Å². The predicted octanol–water partition coefficient (Wildman–Crippen LogP) is 0.806. The van der Waals surface area contributed by atoms with Gasteiger partial charge in [0, 0.05) is 14.1 Å². The monoisotopic (exact) mass is 322 g/mol. The Morgan fingerprint density at radius 3 is 2.13 bits per heavy atom. The first-order valence-corrected chi connectivity index (χ1v) is 8.59. The summed E-state index contributed by atoms with van der Waals surface area (Å²) in [6.45, 7) is -0.292. The number of esters is 1. The van der Waals surface area contributed by atoms with E-state index in [-0.39, 0.29) is 36.9 Å². The van der Waals surface area contributed by atoms with E-state index in [9.17, 15) is 14.4 Å². The number of hydrogen-bond acceptors (Lipinski definition) is 4. The minimum Gasteiger partial charge on any atom is -0.455 e. The van der Waals surface area contributed by atoms with E-state index in [4.69, 9.17) is 4.74 Å². The molecule has 0 saturated heterocycles. The highest BCUT2D eigenvalue weighted by molar-refractivity contribution is 5.86. The van der Waals surface area contributed by atoms with Crippen molar-refractivity contribution in [2.75, 3.05) is 27.2 Å². The Balaban J connectivity index is 1.50. The Labute approximate surface area is 136 Å². The molecule has 0 aromatic rings. The van der Waals surface area contributed by atoms with Crippen molar-refractivity contribution in [2.24, 2.45) is 29.6 Å². The van der Waals surface area contributed by atoms with E-state index in [0.29, 0.717) is 11.8 Å². The summed E-state index contributed by atoms with van der Waals surface area (Å²) >= 11 is 0. The second-order valence-electron chi connectivity index (χ2n) is 7.49. The average molecular weight is 322 g/mol. The third kappa shape index (κ3) is 3.35. The number of carbonyl (C=O) groups excluding carboxylic acids is 3. The second-order valence-corrected chi connectivity index (χ2v) is 7.49. The van der Waals surface area contributed by atoms with Crippen LogP contribution >= 0.6 is 0 Å². The number of amides is 2. The normalized spacial score (nSPS) is 34.1. The van der Waals surface area contributed by atoms with Gasteiger partial charge in [0.15, 0.2) is 6.61 Å². The Bertz CT molecular complexity index is 477. The lowest BCUT2D eigenvalue weighted by Gasteiger charge is -2.53. The van der Waals surface area contributed by atoms with Crippen molar-refractivity contribution >= 4 is 17.8 Å². The average Bonchev–Trinajstić information content (AvgIpc) is 2.51. The number of ether oxygens (including phenoxy) is 1. The van der Waals surface area contributed by atoms with Gasteiger partial charge in [0.1, 0.15) is 0 Å². The highest BCUT2D eigenvalue weighted by Gasteiger charge is 2.51. The lowest BCUT2D eigenvalue weighted by molar-refractivity contribution is -0.166. The quantitative estimate of drug-likeness (QED) is 0.760. The summed E-state index contributed by atoms with van der Waals surface area (Å²) in [5.74, 6) is 1.72. The zero-order valence-electron chi connectivity index (χ0n) is 13.9. The molecule has 0 heterocycles. The summed E-state index contributed by atoms with van der Waals surface area (Å²) in [4.78, 5) is 37.0. The van der Waals surface area contributed by atoms with Gasteiger partial charge < -0.3 is 15.0 Å². The summed E-state index contributed by atoms with van der Waals surface area (Å²) in [5, 5.41) is 2.46. The summed E-state index contributed by atoms with van der Waals surface area (Å²) in [6, 6.07) is 0. The van der Waals surface area contributed by atoms with Gasteiger partial charge in [0.05, 0.1) is 12.5 Å². The van der Waals surface area contributed by atoms with Crippen molar-refractivity contribution in [2.45, 2.75) is 32.1 Å². The zero-order valence-corrected chi connectivity index (χ0v) is 13.9. The SMILES string of the molecule is CNC(=O)CN(C)C(=O)COC(=O)C1C2CC3CC(C2)CC1C3. The van der Waals surface area contributed by atoms with Crippen LogP contribution in [0.5, 0.6) is 0 Å². The Morgan fingerprint density at radius 2 is 1.61 bits per heavy atom. The molecule has 4 saturated carbocycles. The maximum Gasteiger partial charge on any atom is 0.310 e. The van der Waals surface area contributed by atoms with Crippen LogP contribution in [0.3, 0.4) is 0 Å². The van der Waals surface area contributed by atoms with Crippen LogP contribution in [0.4, 0.5) is 0 Å². The van der Waals surface area contributed by atoms with E-state index in [1.807, 2.05) is 0 Å². The van der Waals surface area contributed by atoms with Gasteiger partial charge in [-0.25, -0.2) is 0 Å². The van der Waals surface area contributed by atoms with Gasteiger partial charge in [-0.1, -0.05) is 0 Å². The van der Waals surface area contributed by atoms with Crippen molar-refractivity contribution in [3.63, 3.8) is 0 Å². The molecule has 4 rings (SSSR count). The van der Waals surface area contributed by atoms with Gasteiger partial charge in [0.25, 0.3) is 5.91 Å². The van der Waals surface area contributed by atoms with Gasteiger partial charge in [-0.2, -0.15) is 0 Å². The molecule has 23 heavy (non-hydrogen) atoms. The highest BCUT2D eigenvalue weighted by atomic mass is 16.5. The van der Waals surface area contributed by atoms with E-state index < -0.39 is 0 Å². The molecule has 6 nitrogen and oxygen atoms in total. The maximum atomic E-state index is 12.5. The van der Waals surface area contributed by atoms with Gasteiger partial charge in [-0.05, 0) is 55.8 Å². The molecule has 4 aliphatic rings. The summed E-state index contributed by atoms with van der Waals surface area (Å²) in [7, 11) is 3.06. The van der Waals surface area contributed by atoms with Crippen LogP contribution in [0.1, 0.15) is 32.1 Å². The molecule has 1 N–H and O–H groups in total. The number of hydrogen-bond donors (Lipinski definition) is 1. The molecule has 0 aromatic heterocycles. The summed E-state index contributed by atoms with van der Waals surface area (Å²) in [6.07, 6.45) is 5.95. The molecule has 0 atom stereocenters.